The molecule has 0 saturated heterocycles. The summed E-state index contributed by atoms with van der Waals surface area (Å²) in [6, 6.07) is 14.6. The maximum Gasteiger partial charge on any atom is 0.243 e. The molecule has 0 fully saturated rings. The van der Waals surface area contributed by atoms with Gasteiger partial charge in [-0.1, -0.05) is 41.9 Å². The largest absolute Gasteiger partial charge is 0.354 e. The predicted octanol–water partition coefficient (Wildman–Crippen LogP) is 1.20. The fourth-order valence-corrected chi connectivity index (χ4v) is 4.47. The van der Waals surface area contributed by atoms with Crippen LogP contribution in [0.5, 0.6) is 0 Å². The van der Waals surface area contributed by atoms with Crippen LogP contribution in [-0.2, 0) is 31.4 Å². The lowest BCUT2D eigenvalue weighted by atomic mass is 10.2. The number of hydrogen-bond acceptors (Lipinski definition) is 5. The van der Waals surface area contributed by atoms with E-state index >= 15 is 0 Å². The van der Waals surface area contributed by atoms with E-state index in [-0.39, 0.29) is 23.7 Å². The number of likely N-dealkylation sites (N-methyl/N-ethyl adjacent to an activating group) is 1. The average molecular weight is 460 g/mol. The molecule has 0 saturated carbocycles. The first-order valence-corrected chi connectivity index (χ1v) is 12.1. The number of rotatable bonds is 10. The van der Waals surface area contributed by atoms with Crippen LogP contribution in [0.15, 0.2) is 59.5 Å². The van der Waals surface area contributed by atoms with Gasteiger partial charge in [-0.05, 0) is 29.8 Å². The zero-order chi connectivity index (χ0) is 21.5. The normalized spacial score (nSPS) is 12.1. The summed E-state index contributed by atoms with van der Waals surface area (Å²) < 4.78 is 52.2. The van der Waals surface area contributed by atoms with E-state index in [1.165, 1.54) is 31.3 Å². The molecule has 0 heterocycles. The van der Waals surface area contributed by atoms with Crippen LogP contribution in [0.1, 0.15) is 5.56 Å². The van der Waals surface area contributed by atoms with E-state index in [9.17, 15) is 21.6 Å². The predicted molar refractivity (Wildman–Crippen MR) is 111 cm³/mol. The van der Waals surface area contributed by atoms with Gasteiger partial charge in [0.25, 0.3) is 0 Å². The minimum Gasteiger partial charge on any atom is -0.354 e. The molecule has 11 heteroatoms. The highest BCUT2D eigenvalue weighted by Crippen LogP contribution is 2.17. The number of halogens is 1. The molecule has 0 bridgehead atoms. The van der Waals surface area contributed by atoms with Crippen molar-refractivity contribution in [3.8, 4) is 0 Å². The van der Waals surface area contributed by atoms with Crippen LogP contribution < -0.4 is 10.0 Å². The van der Waals surface area contributed by atoms with Gasteiger partial charge in [0.1, 0.15) is 0 Å². The Bertz CT molecular complexity index is 1030. The smallest absolute Gasteiger partial charge is 0.243 e. The van der Waals surface area contributed by atoms with Crippen LogP contribution >= 0.6 is 11.6 Å². The minimum absolute atomic E-state index is 0.00453. The number of amides is 1. The zero-order valence-corrected chi connectivity index (χ0v) is 18.1. The first-order chi connectivity index (χ1) is 13.6. The molecule has 0 aliphatic rings. The summed E-state index contributed by atoms with van der Waals surface area (Å²) in [6.07, 6.45) is 0. The quantitative estimate of drug-likeness (QED) is 0.554. The highest BCUT2D eigenvalue weighted by atomic mass is 35.5. The molecular weight excluding hydrogens is 438 g/mol. The number of hydrogen-bond donors (Lipinski definition) is 2. The van der Waals surface area contributed by atoms with Gasteiger partial charge in [-0.15, -0.1) is 0 Å². The number of benzene rings is 2. The summed E-state index contributed by atoms with van der Waals surface area (Å²) in [6.45, 7) is -0.431. The minimum atomic E-state index is -3.86. The van der Waals surface area contributed by atoms with Crippen LogP contribution in [0.3, 0.4) is 0 Å². The van der Waals surface area contributed by atoms with Gasteiger partial charge in [0.2, 0.25) is 26.0 Å². The number of carbonyl (C=O) groups excluding carboxylic acids is 1. The van der Waals surface area contributed by atoms with Crippen molar-refractivity contribution in [3.63, 3.8) is 0 Å². The monoisotopic (exact) mass is 459 g/mol. The Morgan fingerprint density at radius 3 is 2.24 bits per heavy atom. The molecule has 8 nitrogen and oxygen atoms in total. The molecule has 0 radical (unpaired) electrons. The number of sulfonamides is 2. The number of carbonyl (C=O) groups is 1. The highest BCUT2D eigenvalue weighted by Gasteiger charge is 2.23. The van der Waals surface area contributed by atoms with Gasteiger partial charge in [0.05, 0.1) is 17.2 Å². The van der Waals surface area contributed by atoms with Crippen molar-refractivity contribution in [2.45, 2.75) is 11.4 Å². The zero-order valence-electron chi connectivity index (χ0n) is 15.7. The Balaban J connectivity index is 1.80. The Hall–Kier alpha value is -1.98. The lowest BCUT2D eigenvalue weighted by Gasteiger charge is -2.17. The van der Waals surface area contributed by atoms with Gasteiger partial charge < -0.3 is 5.32 Å². The Labute approximate surface area is 176 Å². The number of nitrogens with zero attached hydrogens (tertiary/aromatic N) is 1. The van der Waals surface area contributed by atoms with E-state index in [1.54, 1.807) is 24.3 Å². The Morgan fingerprint density at radius 2 is 1.62 bits per heavy atom. The van der Waals surface area contributed by atoms with Crippen molar-refractivity contribution in [3.05, 3.63) is 65.2 Å². The molecule has 0 unspecified atom stereocenters. The second kappa shape index (κ2) is 10.2. The SMILES string of the molecule is CN(CC(=O)NCCS(=O)(=O)NCc1ccccc1)S(=O)(=O)c1ccc(Cl)cc1. The lowest BCUT2D eigenvalue weighted by Crippen LogP contribution is -2.40. The summed E-state index contributed by atoms with van der Waals surface area (Å²) in [5.41, 5.74) is 0.814. The van der Waals surface area contributed by atoms with Gasteiger partial charge in [-0.2, -0.15) is 4.31 Å². The van der Waals surface area contributed by atoms with E-state index in [0.29, 0.717) is 5.02 Å². The van der Waals surface area contributed by atoms with Crippen LogP contribution in [0.2, 0.25) is 5.02 Å². The molecule has 2 aromatic rings. The summed E-state index contributed by atoms with van der Waals surface area (Å²) in [4.78, 5) is 12.0. The molecule has 2 aromatic carbocycles. The second-order valence-corrected chi connectivity index (χ2v) is 10.6. The first-order valence-electron chi connectivity index (χ1n) is 8.60. The summed E-state index contributed by atoms with van der Waals surface area (Å²) in [5.74, 6) is -0.928. The van der Waals surface area contributed by atoms with Crippen molar-refractivity contribution in [1.82, 2.24) is 14.3 Å². The van der Waals surface area contributed by atoms with Crippen molar-refractivity contribution in [2.24, 2.45) is 0 Å². The molecule has 0 aromatic heterocycles. The molecule has 2 N–H and O–H groups in total. The van der Waals surface area contributed by atoms with Gasteiger partial charge in [-0.25, -0.2) is 21.6 Å². The first kappa shape index (κ1) is 23.3. The molecule has 0 aliphatic heterocycles. The van der Waals surface area contributed by atoms with Crippen molar-refractivity contribution in [1.29, 1.82) is 0 Å². The fraction of sp³-hybridized carbons (Fsp3) is 0.278. The standard InChI is InChI=1S/C18H22ClN3O5S2/c1-22(29(26,27)17-9-7-16(19)8-10-17)14-18(23)20-11-12-28(24,25)21-13-15-5-3-2-4-6-15/h2-10,21H,11-14H2,1H3,(H,20,23). The van der Waals surface area contributed by atoms with Crippen LogP contribution in [-0.4, -0.2) is 52.9 Å². The third-order valence-corrected chi connectivity index (χ3v) is 7.32. The molecular formula is C18H22ClN3O5S2. The van der Waals surface area contributed by atoms with E-state index < -0.39 is 32.5 Å². The van der Waals surface area contributed by atoms with Crippen molar-refractivity contribution in [2.75, 3.05) is 25.9 Å². The van der Waals surface area contributed by atoms with Gasteiger partial charge in [-0.3, -0.25) is 4.79 Å². The average Bonchev–Trinajstić information content (AvgIpc) is 2.67. The van der Waals surface area contributed by atoms with E-state index in [1.807, 2.05) is 6.07 Å². The summed E-state index contributed by atoms with van der Waals surface area (Å²) >= 11 is 5.75. The fourth-order valence-electron chi connectivity index (χ4n) is 2.32. The van der Waals surface area contributed by atoms with E-state index in [4.69, 9.17) is 11.6 Å². The van der Waals surface area contributed by atoms with Gasteiger partial charge >= 0.3 is 0 Å². The molecule has 0 aliphatic carbocycles. The van der Waals surface area contributed by atoms with E-state index in [0.717, 1.165) is 9.87 Å². The topological polar surface area (TPSA) is 113 Å². The number of nitrogens with one attached hydrogen (secondary N) is 2. The van der Waals surface area contributed by atoms with Gasteiger partial charge in [0.15, 0.2) is 0 Å². The summed E-state index contributed by atoms with van der Waals surface area (Å²) in [5, 5.41) is 2.81. The van der Waals surface area contributed by atoms with Crippen molar-refractivity contribution < 1.29 is 21.6 Å². The van der Waals surface area contributed by atoms with Crippen LogP contribution in [0, 0.1) is 0 Å². The third kappa shape index (κ3) is 7.41. The second-order valence-electron chi connectivity index (χ2n) is 6.19. The van der Waals surface area contributed by atoms with Crippen LogP contribution in [0.4, 0.5) is 0 Å². The highest BCUT2D eigenvalue weighted by molar-refractivity contribution is 7.89. The molecule has 0 spiro atoms. The van der Waals surface area contributed by atoms with Crippen LogP contribution in [0.25, 0.3) is 0 Å². The van der Waals surface area contributed by atoms with Crippen molar-refractivity contribution >= 4 is 37.6 Å². The molecule has 0 atom stereocenters. The molecule has 29 heavy (non-hydrogen) atoms. The Morgan fingerprint density at radius 1 is 1.00 bits per heavy atom. The summed E-state index contributed by atoms with van der Waals surface area (Å²) in [7, 11) is -6.18. The molecule has 1 amide bonds. The maximum absolute atomic E-state index is 12.4. The Kier molecular flexibility index (Phi) is 8.17. The van der Waals surface area contributed by atoms with E-state index in [2.05, 4.69) is 10.0 Å². The lowest BCUT2D eigenvalue weighted by molar-refractivity contribution is -0.121. The maximum atomic E-state index is 12.4. The van der Waals surface area contributed by atoms with Gasteiger partial charge in [0, 0.05) is 25.2 Å². The molecule has 158 valence electrons. The third-order valence-electron chi connectivity index (χ3n) is 3.92. The molecule has 2 rings (SSSR count).